The maximum Gasteiger partial charge on any atom is 0.310 e. The van der Waals surface area contributed by atoms with Crippen molar-refractivity contribution >= 4 is 5.97 Å². The predicted molar refractivity (Wildman–Crippen MR) is 90.2 cm³/mol. The highest BCUT2D eigenvalue weighted by Gasteiger charge is 2.04. The third-order valence-electron chi connectivity index (χ3n) is 3.72. The average Bonchev–Trinajstić information content (AvgIpc) is 2.45. The molecule has 0 rings (SSSR count). The van der Waals surface area contributed by atoms with Gasteiger partial charge in [0.25, 0.3) is 0 Å². The Balaban J connectivity index is 4.24. The summed E-state index contributed by atoms with van der Waals surface area (Å²) < 4.78 is 4.93. The maximum absolute atomic E-state index is 11.3. The van der Waals surface area contributed by atoms with E-state index in [-0.39, 0.29) is 5.97 Å². The molecule has 0 aliphatic rings. The van der Waals surface area contributed by atoms with Crippen molar-refractivity contribution in [2.45, 2.75) is 73.1 Å². The van der Waals surface area contributed by atoms with Crippen LogP contribution in [0.15, 0.2) is 29.0 Å². The van der Waals surface area contributed by atoms with Crippen LogP contribution in [0, 0.1) is 5.92 Å². The second-order valence-electron chi connectivity index (χ2n) is 5.60. The molecular weight excluding hydrogens is 260 g/mol. The van der Waals surface area contributed by atoms with Crippen molar-refractivity contribution in [1.29, 1.82) is 0 Å². The molecular formula is C19H32O2. The second kappa shape index (κ2) is 12.5. The lowest BCUT2D eigenvalue weighted by molar-refractivity contribution is -0.142. The third kappa shape index (κ3) is 11.1. The molecule has 0 fully saturated rings. The predicted octanol–water partition coefficient (Wildman–Crippen LogP) is 5.59. The molecule has 0 amide bonds. The monoisotopic (exact) mass is 292 g/mol. The largest absolute Gasteiger partial charge is 0.466 e. The smallest absolute Gasteiger partial charge is 0.310 e. The first-order valence-corrected chi connectivity index (χ1v) is 8.25. The van der Waals surface area contributed by atoms with E-state index in [1.165, 1.54) is 18.4 Å². The van der Waals surface area contributed by atoms with Crippen molar-refractivity contribution in [3.63, 3.8) is 0 Å². The van der Waals surface area contributed by atoms with Gasteiger partial charge in [0.2, 0.25) is 0 Å². The minimum absolute atomic E-state index is 0.164. The molecule has 1 atom stereocenters. The van der Waals surface area contributed by atoms with Crippen LogP contribution in [0.4, 0.5) is 0 Å². The van der Waals surface area contributed by atoms with Crippen molar-refractivity contribution in [1.82, 2.24) is 0 Å². The minimum Gasteiger partial charge on any atom is -0.466 e. The van der Waals surface area contributed by atoms with E-state index >= 15 is 0 Å². The number of ether oxygens (including phenoxy) is 1. The molecule has 0 aromatic heterocycles. The molecule has 0 heterocycles. The number of hydrogen-bond acceptors (Lipinski definition) is 2. The molecule has 2 heteroatoms. The van der Waals surface area contributed by atoms with Gasteiger partial charge < -0.3 is 4.74 Å². The van der Waals surface area contributed by atoms with Gasteiger partial charge in [-0.15, -0.1) is 5.73 Å². The standard InChI is InChI=1S/C19H32O2/c1-6-16(4)11-9-13-18(7-2)14-10-12-17(5)15-19(20)21-8-3/h10-11,18H,6-9,13-15H2,1-5H3. The lowest BCUT2D eigenvalue weighted by Crippen LogP contribution is -2.03. The molecule has 0 spiro atoms. The van der Waals surface area contributed by atoms with Crippen LogP contribution in [-0.2, 0) is 9.53 Å². The van der Waals surface area contributed by atoms with Crippen molar-refractivity contribution in [3.05, 3.63) is 29.0 Å². The molecule has 1 unspecified atom stereocenters. The zero-order valence-corrected chi connectivity index (χ0v) is 14.5. The van der Waals surface area contributed by atoms with Gasteiger partial charge in [0.05, 0.1) is 13.0 Å². The van der Waals surface area contributed by atoms with E-state index < -0.39 is 0 Å². The zero-order valence-electron chi connectivity index (χ0n) is 14.5. The van der Waals surface area contributed by atoms with E-state index in [1.54, 1.807) is 0 Å². The Bertz CT molecular complexity index is 384. The number of hydrogen-bond donors (Lipinski definition) is 0. The lowest BCUT2D eigenvalue weighted by atomic mass is 9.95. The second-order valence-corrected chi connectivity index (χ2v) is 5.60. The Kier molecular flexibility index (Phi) is 11.7. The summed E-state index contributed by atoms with van der Waals surface area (Å²) >= 11 is 0. The molecule has 0 aliphatic carbocycles. The van der Waals surface area contributed by atoms with Crippen molar-refractivity contribution in [3.8, 4) is 0 Å². The molecule has 0 N–H and O–H groups in total. The van der Waals surface area contributed by atoms with Crippen LogP contribution in [-0.4, -0.2) is 12.6 Å². The molecule has 0 radical (unpaired) electrons. The number of rotatable bonds is 10. The summed E-state index contributed by atoms with van der Waals surface area (Å²) in [4.78, 5) is 11.3. The summed E-state index contributed by atoms with van der Waals surface area (Å²) in [5.41, 5.74) is 5.65. The molecule has 0 aliphatic heterocycles. The van der Waals surface area contributed by atoms with Gasteiger partial charge in [0.1, 0.15) is 0 Å². The Morgan fingerprint density at radius 2 is 1.95 bits per heavy atom. The van der Waals surface area contributed by atoms with E-state index in [0.29, 0.717) is 18.9 Å². The first-order valence-electron chi connectivity index (χ1n) is 8.25. The third-order valence-corrected chi connectivity index (χ3v) is 3.72. The highest BCUT2D eigenvalue weighted by molar-refractivity contribution is 5.72. The summed E-state index contributed by atoms with van der Waals surface area (Å²) in [6.45, 7) is 10.8. The Morgan fingerprint density at radius 3 is 2.52 bits per heavy atom. The van der Waals surface area contributed by atoms with Crippen molar-refractivity contribution in [2.75, 3.05) is 6.61 Å². The van der Waals surface area contributed by atoms with Crippen molar-refractivity contribution < 1.29 is 9.53 Å². The molecule has 0 saturated heterocycles. The Hall–Kier alpha value is -1.27. The average molecular weight is 292 g/mol. The Labute approximate surface area is 131 Å². The van der Waals surface area contributed by atoms with E-state index in [2.05, 4.69) is 38.7 Å². The molecule has 0 bridgehead atoms. The van der Waals surface area contributed by atoms with Crippen LogP contribution in [0.1, 0.15) is 73.1 Å². The summed E-state index contributed by atoms with van der Waals surface area (Å²) in [6, 6.07) is 0. The van der Waals surface area contributed by atoms with Crippen molar-refractivity contribution in [2.24, 2.45) is 5.92 Å². The molecule has 2 nitrogen and oxygen atoms in total. The molecule has 120 valence electrons. The van der Waals surface area contributed by atoms with Gasteiger partial charge in [-0.25, -0.2) is 0 Å². The topological polar surface area (TPSA) is 26.3 Å². The molecule has 0 saturated carbocycles. The normalized spacial score (nSPS) is 12.5. The lowest BCUT2D eigenvalue weighted by Gasteiger charge is -2.10. The van der Waals surface area contributed by atoms with E-state index in [0.717, 1.165) is 24.8 Å². The van der Waals surface area contributed by atoms with Gasteiger partial charge in [-0.05, 0) is 64.0 Å². The number of carbonyl (C=O) groups excluding carboxylic acids is 1. The van der Waals surface area contributed by atoms with Crippen LogP contribution >= 0.6 is 0 Å². The van der Waals surface area contributed by atoms with Gasteiger partial charge in [-0.3, -0.25) is 4.79 Å². The quantitative estimate of drug-likeness (QED) is 0.298. The Morgan fingerprint density at radius 1 is 1.24 bits per heavy atom. The van der Waals surface area contributed by atoms with Gasteiger partial charge in [0, 0.05) is 0 Å². The number of allylic oxidation sites excluding steroid dienone is 2. The molecule has 0 aromatic rings. The van der Waals surface area contributed by atoms with Crippen LogP contribution in [0.25, 0.3) is 0 Å². The van der Waals surface area contributed by atoms with Gasteiger partial charge in [-0.1, -0.05) is 31.9 Å². The van der Waals surface area contributed by atoms with Crippen LogP contribution < -0.4 is 0 Å². The highest BCUT2D eigenvalue weighted by atomic mass is 16.5. The molecule has 21 heavy (non-hydrogen) atoms. The van der Waals surface area contributed by atoms with Gasteiger partial charge >= 0.3 is 5.97 Å². The van der Waals surface area contributed by atoms with Crippen LogP contribution in [0.2, 0.25) is 0 Å². The summed E-state index contributed by atoms with van der Waals surface area (Å²) in [7, 11) is 0. The van der Waals surface area contributed by atoms with Crippen LogP contribution in [0.3, 0.4) is 0 Å². The van der Waals surface area contributed by atoms with Gasteiger partial charge in [-0.2, -0.15) is 0 Å². The van der Waals surface area contributed by atoms with E-state index in [4.69, 9.17) is 4.74 Å². The van der Waals surface area contributed by atoms with Crippen LogP contribution in [0.5, 0.6) is 0 Å². The fraction of sp³-hybridized carbons (Fsp3) is 0.684. The maximum atomic E-state index is 11.3. The fourth-order valence-electron chi connectivity index (χ4n) is 2.08. The fourth-order valence-corrected chi connectivity index (χ4v) is 2.08. The summed E-state index contributed by atoms with van der Waals surface area (Å²) in [5, 5.41) is 0. The van der Waals surface area contributed by atoms with E-state index in [1.807, 2.05) is 13.8 Å². The van der Waals surface area contributed by atoms with E-state index in [9.17, 15) is 4.79 Å². The van der Waals surface area contributed by atoms with Gasteiger partial charge in [0.15, 0.2) is 0 Å². The SMILES string of the molecule is CCOC(=O)CC(C)=C=CCC(CC)CCC=C(C)CC. The first-order chi connectivity index (χ1) is 10.0. The molecule has 0 aromatic carbocycles. The first kappa shape index (κ1) is 19.7. The zero-order chi connectivity index (χ0) is 16.1. The summed E-state index contributed by atoms with van der Waals surface area (Å²) in [5.74, 6) is 0.539. The summed E-state index contributed by atoms with van der Waals surface area (Å²) in [6.07, 6.45) is 10.5. The highest BCUT2D eigenvalue weighted by Crippen LogP contribution is 2.17. The number of esters is 1. The number of carbonyl (C=O) groups is 1. The minimum atomic E-state index is -0.164.